The summed E-state index contributed by atoms with van der Waals surface area (Å²) in [5.41, 5.74) is 0. The van der Waals surface area contributed by atoms with Gasteiger partial charge in [0.05, 0.1) is 6.54 Å². The van der Waals surface area contributed by atoms with Crippen LogP contribution in [0.1, 0.15) is 44.9 Å². The second-order valence-electron chi connectivity index (χ2n) is 4.61. The van der Waals surface area contributed by atoms with E-state index in [1.807, 2.05) is 6.08 Å². The van der Waals surface area contributed by atoms with E-state index < -0.39 is 5.97 Å². The maximum Gasteiger partial charge on any atom is 0.317 e. The Bertz CT molecular complexity index is 220. The van der Waals surface area contributed by atoms with Gasteiger partial charge in [-0.2, -0.15) is 0 Å². The highest BCUT2D eigenvalue weighted by Gasteiger charge is 2.20. The Labute approximate surface area is 98.1 Å². The van der Waals surface area contributed by atoms with Crippen molar-refractivity contribution in [1.29, 1.82) is 0 Å². The standard InChI is InChI=1S/C13H23NO2/c1-2-10-14(11-13(15)16)12-8-6-4-3-5-7-9-12/h2,12H,1,3-11H2,(H,15,16). The second kappa shape index (κ2) is 7.44. The smallest absolute Gasteiger partial charge is 0.317 e. The normalized spacial score (nSPS) is 19.1. The molecule has 1 rings (SSSR count). The molecule has 0 unspecified atom stereocenters. The molecule has 0 aliphatic heterocycles. The molecular weight excluding hydrogens is 202 g/mol. The van der Waals surface area contributed by atoms with Crippen molar-refractivity contribution in [2.75, 3.05) is 13.1 Å². The maximum atomic E-state index is 10.8. The van der Waals surface area contributed by atoms with E-state index in [4.69, 9.17) is 5.11 Å². The number of carboxylic acids is 1. The zero-order valence-electron chi connectivity index (χ0n) is 10.0. The Hall–Kier alpha value is -0.830. The van der Waals surface area contributed by atoms with Gasteiger partial charge in [0.25, 0.3) is 0 Å². The fourth-order valence-electron chi connectivity index (χ4n) is 2.48. The predicted molar refractivity (Wildman–Crippen MR) is 65.5 cm³/mol. The van der Waals surface area contributed by atoms with E-state index >= 15 is 0 Å². The van der Waals surface area contributed by atoms with Crippen molar-refractivity contribution < 1.29 is 9.90 Å². The molecule has 0 amide bonds. The molecule has 1 saturated carbocycles. The Morgan fingerprint density at radius 1 is 1.25 bits per heavy atom. The third-order valence-corrected chi connectivity index (χ3v) is 3.29. The Balaban J connectivity index is 2.51. The monoisotopic (exact) mass is 225 g/mol. The van der Waals surface area contributed by atoms with E-state index in [0.717, 1.165) is 12.8 Å². The Kier molecular flexibility index (Phi) is 6.16. The molecule has 0 aromatic heterocycles. The topological polar surface area (TPSA) is 40.5 Å². The number of carbonyl (C=O) groups is 1. The number of carboxylic acid groups (broad SMARTS) is 1. The van der Waals surface area contributed by atoms with E-state index in [1.165, 1.54) is 32.1 Å². The summed E-state index contributed by atoms with van der Waals surface area (Å²) in [7, 11) is 0. The quantitative estimate of drug-likeness (QED) is 0.731. The van der Waals surface area contributed by atoms with Crippen LogP contribution in [0.4, 0.5) is 0 Å². The summed E-state index contributed by atoms with van der Waals surface area (Å²) in [5, 5.41) is 8.89. The predicted octanol–water partition coefficient (Wildman–Crippen LogP) is 2.67. The first-order valence-corrected chi connectivity index (χ1v) is 6.30. The lowest BCUT2D eigenvalue weighted by Gasteiger charge is -2.30. The average Bonchev–Trinajstić information content (AvgIpc) is 2.15. The number of hydrogen-bond acceptors (Lipinski definition) is 2. The fourth-order valence-corrected chi connectivity index (χ4v) is 2.48. The number of hydrogen-bond donors (Lipinski definition) is 1. The highest BCUT2D eigenvalue weighted by molar-refractivity contribution is 5.69. The molecule has 1 N–H and O–H groups in total. The van der Waals surface area contributed by atoms with Gasteiger partial charge in [0.2, 0.25) is 0 Å². The van der Waals surface area contributed by atoms with Crippen molar-refractivity contribution in [3.63, 3.8) is 0 Å². The largest absolute Gasteiger partial charge is 0.480 e. The molecule has 0 radical (unpaired) electrons. The van der Waals surface area contributed by atoms with Crippen LogP contribution in [0.25, 0.3) is 0 Å². The van der Waals surface area contributed by atoms with Gasteiger partial charge in [-0.25, -0.2) is 0 Å². The van der Waals surface area contributed by atoms with Crippen molar-refractivity contribution in [3.8, 4) is 0 Å². The molecule has 1 aliphatic rings. The van der Waals surface area contributed by atoms with Gasteiger partial charge < -0.3 is 5.11 Å². The SMILES string of the molecule is C=CCN(CC(=O)O)C1CCCCCCC1. The third kappa shape index (κ3) is 4.79. The molecule has 0 atom stereocenters. The van der Waals surface area contributed by atoms with Crippen molar-refractivity contribution in [3.05, 3.63) is 12.7 Å². The van der Waals surface area contributed by atoms with Gasteiger partial charge in [-0.1, -0.05) is 38.2 Å². The lowest BCUT2D eigenvalue weighted by molar-refractivity contribution is -0.138. The van der Waals surface area contributed by atoms with Crippen LogP contribution >= 0.6 is 0 Å². The Morgan fingerprint density at radius 3 is 2.31 bits per heavy atom. The number of aliphatic carboxylic acids is 1. The first-order valence-electron chi connectivity index (χ1n) is 6.30. The van der Waals surface area contributed by atoms with Gasteiger partial charge in [0.15, 0.2) is 0 Å². The molecule has 3 nitrogen and oxygen atoms in total. The minimum absolute atomic E-state index is 0.149. The first kappa shape index (κ1) is 13.2. The lowest BCUT2D eigenvalue weighted by atomic mass is 9.95. The van der Waals surface area contributed by atoms with E-state index in [1.54, 1.807) is 0 Å². The number of rotatable bonds is 5. The average molecular weight is 225 g/mol. The summed E-state index contributed by atoms with van der Waals surface area (Å²) in [5.74, 6) is -0.732. The van der Waals surface area contributed by atoms with E-state index in [2.05, 4.69) is 11.5 Å². The summed E-state index contributed by atoms with van der Waals surface area (Å²) in [6.07, 6.45) is 10.5. The first-order chi connectivity index (χ1) is 7.74. The van der Waals surface area contributed by atoms with Crippen LogP contribution in [0.5, 0.6) is 0 Å². The van der Waals surface area contributed by atoms with Crippen LogP contribution in [-0.2, 0) is 4.79 Å². The minimum Gasteiger partial charge on any atom is -0.480 e. The molecule has 1 fully saturated rings. The molecule has 3 heteroatoms. The molecular formula is C13H23NO2. The summed E-state index contributed by atoms with van der Waals surface area (Å²) < 4.78 is 0. The van der Waals surface area contributed by atoms with Crippen LogP contribution in [0, 0.1) is 0 Å². The molecule has 1 aliphatic carbocycles. The molecule has 0 aromatic carbocycles. The number of nitrogens with zero attached hydrogens (tertiary/aromatic N) is 1. The molecule has 92 valence electrons. The molecule has 0 aromatic rings. The highest BCUT2D eigenvalue weighted by Crippen LogP contribution is 2.21. The van der Waals surface area contributed by atoms with Gasteiger partial charge in [0.1, 0.15) is 0 Å². The van der Waals surface area contributed by atoms with Gasteiger partial charge in [-0.05, 0) is 12.8 Å². The van der Waals surface area contributed by atoms with Gasteiger partial charge in [-0.3, -0.25) is 9.69 Å². The zero-order valence-corrected chi connectivity index (χ0v) is 10.0. The van der Waals surface area contributed by atoms with Crippen molar-refractivity contribution >= 4 is 5.97 Å². The van der Waals surface area contributed by atoms with Gasteiger partial charge in [0, 0.05) is 12.6 Å². The van der Waals surface area contributed by atoms with Crippen LogP contribution in [-0.4, -0.2) is 35.1 Å². The van der Waals surface area contributed by atoms with Gasteiger partial charge in [-0.15, -0.1) is 6.58 Å². The van der Waals surface area contributed by atoms with Crippen molar-refractivity contribution in [2.45, 2.75) is 51.0 Å². The summed E-state index contributed by atoms with van der Waals surface area (Å²) in [4.78, 5) is 12.9. The molecule has 0 heterocycles. The molecule has 16 heavy (non-hydrogen) atoms. The molecule has 0 bridgehead atoms. The molecule has 0 spiro atoms. The van der Waals surface area contributed by atoms with Crippen molar-refractivity contribution in [2.24, 2.45) is 0 Å². The van der Waals surface area contributed by atoms with Crippen molar-refractivity contribution in [1.82, 2.24) is 4.90 Å². The lowest BCUT2D eigenvalue weighted by Crippen LogP contribution is -2.39. The van der Waals surface area contributed by atoms with Crippen LogP contribution in [0.15, 0.2) is 12.7 Å². The van der Waals surface area contributed by atoms with Crippen LogP contribution < -0.4 is 0 Å². The summed E-state index contributed by atoms with van der Waals surface area (Å²) >= 11 is 0. The zero-order chi connectivity index (χ0) is 11.8. The minimum atomic E-state index is -0.732. The van der Waals surface area contributed by atoms with E-state index in [9.17, 15) is 4.79 Å². The van der Waals surface area contributed by atoms with Crippen LogP contribution in [0.3, 0.4) is 0 Å². The molecule has 0 saturated heterocycles. The van der Waals surface area contributed by atoms with E-state index in [0.29, 0.717) is 12.6 Å². The van der Waals surface area contributed by atoms with Crippen LogP contribution in [0.2, 0.25) is 0 Å². The maximum absolute atomic E-state index is 10.8. The van der Waals surface area contributed by atoms with Gasteiger partial charge >= 0.3 is 5.97 Å². The highest BCUT2D eigenvalue weighted by atomic mass is 16.4. The third-order valence-electron chi connectivity index (χ3n) is 3.29. The Morgan fingerprint density at radius 2 is 1.81 bits per heavy atom. The second-order valence-corrected chi connectivity index (χ2v) is 4.61. The fraction of sp³-hybridized carbons (Fsp3) is 0.769. The summed E-state index contributed by atoms with van der Waals surface area (Å²) in [6.45, 7) is 4.55. The van der Waals surface area contributed by atoms with E-state index in [-0.39, 0.29) is 6.54 Å². The summed E-state index contributed by atoms with van der Waals surface area (Å²) in [6, 6.07) is 0.439.